The number of para-hydroxylation sites is 1. The summed E-state index contributed by atoms with van der Waals surface area (Å²) in [6, 6.07) is 9.39. The van der Waals surface area contributed by atoms with Gasteiger partial charge in [-0.2, -0.15) is 0 Å². The quantitative estimate of drug-likeness (QED) is 0.781. The molecule has 0 saturated carbocycles. The molecule has 2 aromatic rings. The molecule has 1 aromatic carbocycles. The van der Waals surface area contributed by atoms with Crippen LogP contribution in [0.1, 0.15) is 5.69 Å². The summed E-state index contributed by atoms with van der Waals surface area (Å²) in [5.41, 5.74) is 1.63. The molecule has 0 atom stereocenters. The molecule has 0 spiro atoms. The average Bonchev–Trinajstić information content (AvgIpc) is 2.80. The molecular weight excluding hydrogens is 308 g/mol. The second-order valence-corrected chi connectivity index (χ2v) is 6.02. The zero-order valence-corrected chi connectivity index (χ0v) is 14.0. The fourth-order valence-electron chi connectivity index (χ4n) is 2.96. The van der Waals surface area contributed by atoms with E-state index in [4.69, 9.17) is 4.74 Å². The molecule has 1 aliphatic heterocycles. The fourth-order valence-corrected chi connectivity index (χ4v) is 2.96. The molecule has 0 radical (unpaired) electrons. The third-order valence-corrected chi connectivity index (χ3v) is 4.43. The van der Waals surface area contributed by atoms with Crippen molar-refractivity contribution < 1.29 is 14.4 Å². The summed E-state index contributed by atoms with van der Waals surface area (Å²) >= 11 is 0. The van der Waals surface area contributed by atoms with E-state index in [1.807, 2.05) is 44.3 Å². The first kappa shape index (κ1) is 16.5. The first-order valence-corrected chi connectivity index (χ1v) is 8.13. The zero-order valence-electron chi connectivity index (χ0n) is 14.0. The van der Waals surface area contributed by atoms with Gasteiger partial charge in [0.15, 0.2) is 6.54 Å². The van der Waals surface area contributed by atoms with Crippen LogP contribution < -0.4 is 15.8 Å². The van der Waals surface area contributed by atoms with Gasteiger partial charge in [-0.15, -0.1) is 0 Å². The van der Waals surface area contributed by atoms with Crippen molar-refractivity contribution in [2.24, 2.45) is 7.05 Å². The van der Waals surface area contributed by atoms with Crippen LogP contribution >= 0.6 is 0 Å². The van der Waals surface area contributed by atoms with Crippen molar-refractivity contribution in [1.82, 2.24) is 9.36 Å². The predicted molar refractivity (Wildman–Crippen MR) is 90.8 cm³/mol. The number of benzene rings is 1. The lowest BCUT2D eigenvalue weighted by Gasteiger charge is -2.22. The van der Waals surface area contributed by atoms with Crippen molar-refractivity contribution in [1.29, 1.82) is 0 Å². The summed E-state index contributed by atoms with van der Waals surface area (Å²) < 4.78 is 8.62. The standard InChI is InChI=1S/C17H22N4O3/c1-13-16(18-15(22)12-20-8-10-24-11-9-20)17(23)21(19(13)2)14-6-4-3-5-7-14/h3-7H,8-12H2,1-2H3,(H,18,22)/p+1. The number of aromatic nitrogens is 2. The number of carbonyl (C=O) groups is 1. The lowest BCUT2D eigenvalue weighted by molar-refractivity contribution is -0.899. The Labute approximate surface area is 140 Å². The molecule has 7 nitrogen and oxygen atoms in total. The van der Waals surface area contributed by atoms with Crippen molar-refractivity contribution in [3.05, 3.63) is 46.4 Å². The lowest BCUT2D eigenvalue weighted by Crippen LogP contribution is -3.15. The lowest BCUT2D eigenvalue weighted by atomic mass is 10.3. The Kier molecular flexibility index (Phi) is 4.82. The highest BCUT2D eigenvalue weighted by Crippen LogP contribution is 2.13. The van der Waals surface area contributed by atoms with Crippen LogP contribution in [0, 0.1) is 6.92 Å². The Morgan fingerprint density at radius 3 is 2.58 bits per heavy atom. The van der Waals surface area contributed by atoms with Crippen LogP contribution in [0.15, 0.2) is 35.1 Å². The Hall–Kier alpha value is -2.38. The number of carbonyl (C=O) groups excluding carboxylic acids is 1. The van der Waals surface area contributed by atoms with Gasteiger partial charge in [-0.25, -0.2) is 4.68 Å². The number of hydrogen-bond acceptors (Lipinski definition) is 3. The molecule has 128 valence electrons. The third kappa shape index (κ3) is 3.27. The number of ether oxygens (including phenoxy) is 1. The minimum absolute atomic E-state index is 0.141. The van der Waals surface area contributed by atoms with Gasteiger partial charge in [-0.05, 0) is 19.1 Å². The van der Waals surface area contributed by atoms with E-state index in [9.17, 15) is 9.59 Å². The summed E-state index contributed by atoms with van der Waals surface area (Å²) in [5, 5.41) is 2.80. The van der Waals surface area contributed by atoms with Gasteiger partial charge in [0.1, 0.15) is 18.8 Å². The Bertz CT molecular complexity index is 773. The molecule has 24 heavy (non-hydrogen) atoms. The highest BCUT2D eigenvalue weighted by molar-refractivity contribution is 5.91. The van der Waals surface area contributed by atoms with Crippen LogP contribution in [0.2, 0.25) is 0 Å². The second-order valence-electron chi connectivity index (χ2n) is 6.02. The fraction of sp³-hybridized carbons (Fsp3) is 0.412. The highest BCUT2D eigenvalue weighted by Gasteiger charge is 2.21. The van der Waals surface area contributed by atoms with Gasteiger partial charge in [0.2, 0.25) is 0 Å². The molecule has 1 aromatic heterocycles. The smallest absolute Gasteiger partial charge is 0.295 e. The number of morpholine rings is 1. The van der Waals surface area contributed by atoms with E-state index >= 15 is 0 Å². The van der Waals surface area contributed by atoms with Gasteiger partial charge in [0.05, 0.1) is 24.6 Å². The second kappa shape index (κ2) is 7.02. The minimum atomic E-state index is -0.216. The zero-order chi connectivity index (χ0) is 17.1. The first-order valence-electron chi connectivity index (χ1n) is 8.13. The number of anilines is 1. The largest absolute Gasteiger partial charge is 0.370 e. The SMILES string of the molecule is Cc1c(NC(=O)C[NH+]2CCOCC2)c(=O)n(-c2ccccc2)n1C. The van der Waals surface area contributed by atoms with Crippen LogP contribution in [0.25, 0.3) is 5.69 Å². The van der Waals surface area contributed by atoms with E-state index in [1.54, 1.807) is 9.36 Å². The Balaban J connectivity index is 1.81. The normalized spacial score (nSPS) is 15.4. The molecular formula is C17H23N4O3+. The molecule has 1 fully saturated rings. The van der Waals surface area contributed by atoms with Crippen LogP contribution in [0.4, 0.5) is 5.69 Å². The van der Waals surface area contributed by atoms with E-state index < -0.39 is 0 Å². The van der Waals surface area contributed by atoms with E-state index in [1.165, 1.54) is 4.90 Å². The molecule has 0 unspecified atom stereocenters. The van der Waals surface area contributed by atoms with Crippen LogP contribution in [0.5, 0.6) is 0 Å². The van der Waals surface area contributed by atoms with Gasteiger partial charge in [-0.1, -0.05) is 18.2 Å². The number of nitrogens with one attached hydrogen (secondary N) is 2. The predicted octanol–water partition coefficient (Wildman–Crippen LogP) is -0.662. The highest BCUT2D eigenvalue weighted by atomic mass is 16.5. The maximum atomic E-state index is 12.7. The van der Waals surface area contributed by atoms with E-state index in [0.29, 0.717) is 25.4 Å². The van der Waals surface area contributed by atoms with Crippen LogP contribution in [0.3, 0.4) is 0 Å². The van der Waals surface area contributed by atoms with Gasteiger partial charge in [0, 0.05) is 7.05 Å². The van der Waals surface area contributed by atoms with Crippen molar-refractivity contribution in [2.45, 2.75) is 6.92 Å². The number of nitrogens with zero attached hydrogens (tertiary/aromatic N) is 2. The maximum absolute atomic E-state index is 12.7. The van der Waals surface area contributed by atoms with Crippen molar-refractivity contribution in [2.75, 3.05) is 38.2 Å². The number of hydrogen-bond donors (Lipinski definition) is 2. The molecule has 1 aliphatic rings. The maximum Gasteiger partial charge on any atom is 0.295 e. The summed E-state index contributed by atoms with van der Waals surface area (Å²) in [6.45, 7) is 5.16. The number of amides is 1. The van der Waals surface area contributed by atoms with Gasteiger partial charge in [0.25, 0.3) is 11.5 Å². The number of quaternary nitrogens is 1. The number of rotatable bonds is 4. The Morgan fingerprint density at radius 1 is 1.25 bits per heavy atom. The molecule has 1 amide bonds. The average molecular weight is 331 g/mol. The third-order valence-electron chi connectivity index (χ3n) is 4.43. The van der Waals surface area contributed by atoms with Gasteiger partial charge in [-0.3, -0.25) is 14.3 Å². The van der Waals surface area contributed by atoms with E-state index in [0.717, 1.165) is 24.5 Å². The van der Waals surface area contributed by atoms with Crippen LogP contribution in [-0.2, 0) is 16.6 Å². The summed E-state index contributed by atoms with van der Waals surface area (Å²) in [5.74, 6) is -0.141. The van der Waals surface area contributed by atoms with Gasteiger partial charge < -0.3 is 15.0 Å². The molecule has 2 N–H and O–H groups in total. The summed E-state index contributed by atoms with van der Waals surface area (Å²) in [6.07, 6.45) is 0. The Morgan fingerprint density at radius 2 is 1.92 bits per heavy atom. The summed E-state index contributed by atoms with van der Waals surface area (Å²) in [4.78, 5) is 26.2. The molecule has 7 heteroatoms. The minimum Gasteiger partial charge on any atom is -0.370 e. The molecule has 0 aliphatic carbocycles. The van der Waals surface area contributed by atoms with E-state index in [2.05, 4.69) is 5.32 Å². The molecule has 1 saturated heterocycles. The first-order chi connectivity index (χ1) is 11.6. The van der Waals surface area contributed by atoms with Crippen molar-refractivity contribution in [3.63, 3.8) is 0 Å². The molecule has 2 heterocycles. The molecule has 3 rings (SSSR count). The molecule has 0 bridgehead atoms. The topological polar surface area (TPSA) is 69.7 Å². The van der Waals surface area contributed by atoms with Gasteiger partial charge >= 0.3 is 0 Å². The summed E-state index contributed by atoms with van der Waals surface area (Å²) in [7, 11) is 1.81. The van der Waals surface area contributed by atoms with E-state index in [-0.39, 0.29) is 11.5 Å². The van der Waals surface area contributed by atoms with Crippen LogP contribution in [-0.4, -0.2) is 48.1 Å². The van der Waals surface area contributed by atoms with Crippen molar-refractivity contribution >= 4 is 11.6 Å². The monoisotopic (exact) mass is 331 g/mol. The van der Waals surface area contributed by atoms with Crippen molar-refractivity contribution in [3.8, 4) is 5.69 Å².